The lowest BCUT2D eigenvalue weighted by Crippen LogP contribution is -2.02. The number of aromatic nitrogens is 4. The van der Waals surface area contributed by atoms with Crippen LogP contribution in [0, 0.1) is 0 Å². The molecular weight excluding hydrogens is 697 g/mol. The van der Waals surface area contributed by atoms with Crippen molar-refractivity contribution in [2.45, 2.75) is 0 Å². The largest absolute Gasteiger partial charge is 0.460 e. The quantitative estimate of drug-likeness (QED) is 0.177. The van der Waals surface area contributed by atoms with Crippen molar-refractivity contribution in [3.63, 3.8) is 0 Å². The van der Waals surface area contributed by atoms with Crippen LogP contribution in [0.15, 0.2) is 199 Å². The highest BCUT2D eigenvalue weighted by atomic mass is 16.3. The zero-order valence-corrected chi connectivity index (χ0v) is 30.7. The van der Waals surface area contributed by atoms with Gasteiger partial charge in [0.25, 0.3) is 0 Å². The van der Waals surface area contributed by atoms with Gasteiger partial charge < -0.3 is 8.98 Å². The van der Waals surface area contributed by atoms with Gasteiger partial charge in [0.2, 0.25) is 5.95 Å². The average molecular weight is 729 g/mol. The molecule has 57 heavy (non-hydrogen) atoms. The van der Waals surface area contributed by atoms with Crippen LogP contribution in [0.1, 0.15) is 0 Å². The smallest absolute Gasteiger partial charge is 0.236 e. The SMILES string of the molecule is c1ccc(-n2c3ccccc3c3cc(-c4ccc5c(c4)c4ccccc4n5-c4nc(-c5cccc(-c6cccc7ccccc67)c5)c5occc5n4)ccc32)cc1. The van der Waals surface area contributed by atoms with Crippen molar-refractivity contribution in [2.24, 2.45) is 0 Å². The van der Waals surface area contributed by atoms with Crippen LogP contribution in [-0.4, -0.2) is 19.1 Å². The van der Waals surface area contributed by atoms with Gasteiger partial charge in [0.05, 0.1) is 28.3 Å². The van der Waals surface area contributed by atoms with Gasteiger partial charge in [-0.15, -0.1) is 0 Å². The molecule has 0 unspecified atom stereocenters. The van der Waals surface area contributed by atoms with E-state index in [-0.39, 0.29) is 0 Å². The Hall–Kier alpha value is -7.76. The minimum absolute atomic E-state index is 0.601. The first kappa shape index (κ1) is 31.6. The van der Waals surface area contributed by atoms with Crippen LogP contribution >= 0.6 is 0 Å². The molecule has 0 aliphatic heterocycles. The number of fused-ring (bicyclic) bond motifs is 8. The van der Waals surface area contributed by atoms with Crippen LogP contribution < -0.4 is 0 Å². The third-order valence-corrected chi connectivity index (χ3v) is 11.4. The Kier molecular flexibility index (Phi) is 6.86. The first-order chi connectivity index (χ1) is 28.3. The predicted molar refractivity (Wildman–Crippen MR) is 234 cm³/mol. The number of hydrogen-bond acceptors (Lipinski definition) is 3. The van der Waals surface area contributed by atoms with E-state index in [9.17, 15) is 0 Å². The first-order valence-electron chi connectivity index (χ1n) is 19.2. The van der Waals surface area contributed by atoms with Crippen LogP contribution in [-0.2, 0) is 0 Å². The van der Waals surface area contributed by atoms with Gasteiger partial charge in [-0.25, -0.2) is 9.97 Å². The standard InChI is InChI=1S/C52H32N4O/c1-2-16-38(17-3-1)55-46-22-8-6-19-41(46)43-31-34(24-26-48(43)55)35-25-27-49-44(32-35)42-20-7-9-23-47(42)56(49)52-53-45-28-29-57-51(45)50(54-52)37-15-10-14-36(30-37)40-21-11-13-33-12-4-5-18-39(33)40/h1-32H. The molecular formula is C52H32N4O. The third kappa shape index (κ3) is 4.89. The lowest BCUT2D eigenvalue weighted by atomic mass is 9.96. The van der Waals surface area contributed by atoms with E-state index < -0.39 is 0 Å². The molecule has 12 aromatic rings. The highest BCUT2D eigenvalue weighted by Crippen LogP contribution is 2.39. The Labute approximate surface area is 327 Å². The van der Waals surface area contributed by atoms with Gasteiger partial charge >= 0.3 is 0 Å². The molecule has 266 valence electrons. The molecule has 0 spiro atoms. The molecule has 0 bridgehead atoms. The second-order valence-electron chi connectivity index (χ2n) is 14.6. The first-order valence-corrected chi connectivity index (χ1v) is 19.2. The molecule has 0 aliphatic rings. The number of rotatable bonds is 5. The van der Waals surface area contributed by atoms with E-state index in [1.54, 1.807) is 6.26 Å². The zero-order valence-electron chi connectivity index (χ0n) is 30.7. The molecule has 12 rings (SSSR count). The number of para-hydroxylation sites is 3. The molecule has 0 saturated heterocycles. The summed E-state index contributed by atoms with van der Waals surface area (Å²) in [7, 11) is 0. The number of nitrogens with zero attached hydrogens (tertiary/aromatic N) is 4. The van der Waals surface area contributed by atoms with Crippen molar-refractivity contribution in [1.82, 2.24) is 19.1 Å². The fraction of sp³-hybridized carbons (Fsp3) is 0. The molecule has 5 heteroatoms. The van der Waals surface area contributed by atoms with Crippen molar-refractivity contribution >= 4 is 65.5 Å². The van der Waals surface area contributed by atoms with Crippen molar-refractivity contribution in [3.05, 3.63) is 194 Å². The second kappa shape index (κ2) is 12.4. The Balaban J connectivity index is 1.02. The Morgan fingerprint density at radius 2 is 0.982 bits per heavy atom. The fourth-order valence-electron chi connectivity index (χ4n) is 8.83. The Morgan fingerprint density at radius 3 is 1.75 bits per heavy atom. The van der Waals surface area contributed by atoms with Crippen LogP contribution in [0.5, 0.6) is 0 Å². The summed E-state index contributed by atoms with van der Waals surface area (Å²) in [5.41, 5.74) is 13.4. The maximum absolute atomic E-state index is 6.08. The van der Waals surface area contributed by atoms with E-state index >= 15 is 0 Å². The summed E-state index contributed by atoms with van der Waals surface area (Å²) in [5.74, 6) is 0.601. The summed E-state index contributed by atoms with van der Waals surface area (Å²) in [6.45, 7) is 0. The van der Waals surface area contributed by atoms with Crippen LogP contribution in [0.4, 0.5) is 0 Å². The molecule has 0 fully saturated rings. The van der Waals surface area contributed by atoms with Gasteiger partial charge in [-0.2, -0.15) is 0 Å². The van der Waals surface area contributed by atoms with E-state index in [1.165, 1.54) is 43.7 Å². The summed E-state index contributed by atoms with van der Waals surface area (Å²) in [4.78, 5) is 10.4. The monoisotopic (exact) mass is 728 g/mol. The second-order valence-corrected chi connectivity index (χ2v) is 14.6. The lowest BCUT2D eigenvalue weighted by molar-refractivity contribution is 0.614. The number of hydrogen-bond donors (Lipinski definition) is 0. The van der Waals surface area contributed by atoms with Crippen molar-refractivity contribution in [2.75, 3.05) is 0 Å². The molecule has 8 aromatic carbocycles. The molecule has 0 amide bonds. The highest BCUT2D eigenvalue weighted by Gasteiger charge is 2.20. The van der Waals surface area contributed by atoms with Crippen molar-refractivity contribution < 1.29 is 4.42 Å². The summed E-state index contributed by atoms with van der Waals surface area (Å²) in [6.07, 6.45) is 1.70. The Bertz CT molecular complexity index is 3530. The summed E-state index contributed by atoms with van der Waals surface area (Å²) < 4.78 is 10.6. The minimum atomic E-state index is 0.601. The molecule has 0 saturated carbocycles. The predicted octanol–water partition coefficient (Wildman–Crippen LogP) is 13.6. The van der Waals surface area contributed by atoms with Gasteiger partial charge in [0.15, 0.2) is 5.58 Å². The maximum Gasteiger partial charge on any atom is 0.236 e. The lowest BCUT2D eigenvalue weighted by Gasteiger charge is -2.11. The van der Waals surface area contributed by atoms with Gasteiger partial charge in [0, 0.05) is 38.9 Å². The van der Waals surface area contributed by atoms with Gasteiger partial charge in [0.1, 0.15) is 11.2 Å². The molecule has 5 nitrogen and oxygen atoms in total. The van der Waals surface area contributed by atoms with Crippen LogP contribution in [0.3, 0.4) is 0 Å². The van der Waals surface area contributed by atoms with E-state index in [1.807, 2.05) is 6.07 Å². The number of benzene rings is 8. The molecule has 4 aromatic heterocycles. The average Bonchev–Trinajstić information content (AvgIpc) is 3.98. The van der Waals surface area contributed by atoms with Gasteiger partial charge in [-0.3, -0.25) is 4.57 Å². The molecule has 0 N–H and O–H groups in total. The van der Waals surface area contributed by atoms with Crippen molar-refractivity contribution in [3.8, 4) is 45.1 Å². The van der Waals surface area contributed by atoms with E-state index in [2.05, 4.69) is 191 Å². The topological polar surface area (TPSA) is 48.8 Å². The molecule has 4 heterocycles. The van der Waals surface area contributed by atoms with E-state index in [4.69, 9.17) is 14.4 Å². The maximum atomic E-state index is 6.08. The molecule has 0 atom stereocenters. The normalized spacial score (nSPS) is 11.9. The van der Waals surface area contributed by atoms with E-state index in [0.717, 1.165) is 55.4 Å². The van der Waals surface area contributed by atoms with Gasteiger partial charge in [-0.1, -0.05) is 127 Å². The van der Waals surface area contributed by atoms with Crippen molar-refractivity contribution in [1.29, 1.82) is 0 Å². The summed E-state index contributed by atoms with van der Waals surface area (Å²) in [6, 6.07) is 66.9. The number of furan rings is 1. The van der Waals surface area contributed by atoms with Crippen LogP contribution in [0.2, 0.25) is 0 Å². The highest BCUT2D eigenvalue weighted by molar-refractivity contribution is 6.12. The molecule has 0 radical (unpaired) electrons. The summed E-state index contributed by atoms with van der Waals surface area (Å²) >= 11 is 0. The summed E-state index contributed by atoms with van der Waals surface area (Å²) in [5, 5.41) is 7.18. The third-order valence-electron chi connectivity index (χ3n) is 11.4. The Morgan fingerprint density at radius 1 is 0.386 bits per heavy atom. The molecule has 0 aliphatic carbocycles. The van der Waals surface area contributed by atoms with Crippen LogP contribution in [0.25, 0.3) is 111 Å². The fourth-order valence-corrected chi connectivity index (χ4v) is 8.83. The minimum Gasteiger partial charge on any atom is -0.460 e. The zero-order chi connectivity index (χ0) is 37.5. The van der Waals surface area contributed by atoms with E-state index in [0.29, 0.717) is 11.5 Å². The van der Waals surface area contributed by atoms with Gasteiger partial charge in [-0.05, 0) is 87.6 Å².